The molecule has 2 fully saturated rings. The van der Waals surface area contributed by atoms with E-state index >= 15 is 0 Å². The number of benzene rings is 1. The Kier molecular flexibility index (Phi) is 4.16. The van der Waals surface area contributed by atoms with Crippen LogP contribution in [0.25, 0.3) is 0 Å². The Balaban J connectivity index is 1.87. The summed E-state index contributed by atoms with van der Waals surface area (Å²) in [7, 11) is -6.68. The van der Waals surface area contributed by atoms with E-state index in [2.05, 4.69) is 0 Å². The molecule has 0 saturated carbocycles. The van der Waals surface area contributed by atoms with Gasteiger partial charge in [-0.15, -0.1) is 0 Å². The number of piperazine rings is 1. The summed E-state index contributed by atoms with van der Waals surface area (Å²) in [5.74, 6) is 0.0110. The molecule has 0 aromatic heterocycles. The van der Waals surface area contributed by atoms with Crippen molar-refractivity contribution < 1.29 is 21.9 Å². The Hall–Kier alpha value is -1.16. The lowest BCUT2D eigenvalue weighted by molar-refractivity contribution is 0.0895. The molecule has 7 nitrogen and oxygen atoms in total. The monoisotopic (exact) mass is 360 g/mol. The van der Waals surface area contributed by atoms with Crippen LogP contribution < -0.4 is 0 Å². The predicted octanol–water partition coefficient (Wildman–Crippen LogP) is -0.365. The quantitative estimate of drug-likeness (QED) is 0.791. The van der Waals surface area contributed by atoms with E-state index in [1.54, 1.807) is 18.2 Å². The third kappa shape index (κ3) is 3.52. The highest BCUT2D eigenvalue weighted by Crippen LogP contribution is 2.30. The fourth-order valence-electron chi connectivity index (χ4n) is 3.49. The van der Waals surface area contributed by atoms with E-state index in [-0.39, 0.29) is 29.8 Å². The number of phenolic OH excluding ortho intramolecular Hbond substituents is 1. The van der Waals surface area contributed by atoms with Crippen LogP contribution in [0.1, 0.15) is 5.56 Å². The van der Waals surface area contributed by atoms with Gasteiger partial charge >= 0.3 is 0 Å². The molecule has 0 unspecified atom stereocenters. The molecule has 1 aromatic carbocycles. The standard InChI is InChI=1S/C14H20N2O5S2/c1-22(18,19)16-6-5-15(8-11-3-2-4-12(17)7-11)13-9-23(20,21)10-14(13)16/h2-4,7,13-14,17H,5-6,8-10H2,1H3/t13-,14+/m0/s1. The minimum Gasteiger partial charge on any atom is -0.508 e. The molecule has 128 valence electrons. The molecule has 0 bridgehead atoms. The Morgan fingerprint density at radius 1 is 1.22 bits per heavy atom. The lowest BCUT2D eigenvalue weighted by Crippen LogP contribution is -2.59. The Labute approximate surface area is 136 Å². The number of sulfone groups is 1. The zero-order valence-electron chi connectivity index (χ0n) is 12.8. The van der Waals surface area contributed by atoms with Crippen LogP contribution in [0.2, 0.25) is 0 Å². The summed E-state index contributed by atoms with van der Waals surface area (Å²) < 4.78 is 49.2. The summed E-state index contributed by atoms with van der Waals surface area (Å²) in [5.41, 5.74) is 0.876. The first-order valence-electron chi connectivity index (χ1n) is 7.35. The smallest absolute Gasteiger partial charge is 0.211 e. The topological polar surface area (TPSA) is 95.0 Å². The second-order valence-electron chi connectivity index (χ2n) is 6.23. The summed E-state index contributed by atoms with van der Waals surface area (Å²) in [6.45, 7) is 1.25. The highest BCUT2D eigenvalue weighted by Gasteiger charge is 2.49. The lowest BCUT2D eigenvalue weighted by atomic mass is 10.1. The molecule has 2 aliphatic rings. The van der Waals surface area contributed by atoms with E-state index in [0.717, 1.165) is 11.8 Å². The van der Waals surface area contributed by atoms with Crippen LogP contribution in [0.4, 0.5) is 0 Å². The van der Waals surface area contributed by atoms with Crippen LogP contribution in [0.5, 0.6) is 5.75 Å². The van der Waals surface area contributed by atoms with Crippen LogP contribution in [0, 0.1) is 0 Å². The van der Waals surface area contributed by atoms with E-state index in [1.807, 2.05) is 11.0 Å². The molecule has 2 heterocycles. The van der Waals surface area contributed by atoms with Crippen LogP contribution in [-0.4, -0.2) is 74.1 Å². The van der Waals surface area contributed by atoms with Crippen molar-refractivity contribution in [2.45, 2.75) is 18.6 Å². The van der Waals surface area contributed by atoms with E-state index in [0.29, 0.717) is 13.1 Å². The van der Waals surface area contributed by atoms with Gasteiger partial charge in [-0.25, -0.2) is 16.8 Å². The van der Waals surface area contributed by atoms with Crippen molar-refractivity contribution in [2.24, 2.45) is 0 Å². The maximum absolute atomic E-state index is 12.0. The van der Waals surface area contributed by atoms with Crippen molar-refractivity contribution in [3.63, 3.8) is 0 Å². The summed E-state index contributed by atoms with van der Waals surface area (Å²) >= 11 is 0. The number of hydrogen-bond donors (Lipinski definition) is 1. The molecule has 1 N–H and O–H groups in total. The van der Waals surface area contributed by atoms with E-state index in [4.69, 9.17) is 0 Å². The first kappa shape index (κ1) is 16.7. The van der Waals surface area contributed by atoms with Gasteiger partial charge in [-0.2, -0.15) is 4.31 Å². The summed E-state index contributed by atoms with van der Waals surface area (Å²) in [5, 5.41) is 9.56. The minimum atomic E-state index is -3.43. The second kappa shape index (κ2) is 5.73. The average Bonchev–Trinajstić information content (AvgIpc) is 2.73. The SMILES string of the molecule is CS(=O)(=O)N1CCN(Cc2cccc(O)c2)[C@H]2CS(=O)(=O)C[C@H]21. The number of hydrogen-bond acceptors (Lipinski definition) is 6. The molecular formula is C14H20N2O5S2. The van der Waals surface area contributed by atoms with Gasteiger partial charge in [-0.3, -0.25) is 4.90 Å². The third-order valence-corrected chi connectivity index (χ3v) is 7.47. The first-order chi connectivity index (χ1) is 10.7. The van der Waals surface area contributed by atoms with E-state index in [9.17, 15) is 21.9 Å². The van der Waals surface area contributed by atoms with Gasteiger partial charge in [-0.05, 0) is 17.7 Å². The van der Waals surface area contributed by atoms with Gasteiger partial charge in [0.05, 0.1) is 23.8 Å². The van der Waals surface area contributed by atoms with Crippen molar-refractivity contribution in [3.05, 3.63) is 29.8 Å². The van der Waals surface area contributed by atoms with Crippen LogP contribution >= 0.6 is 0 Å². The summed E-state index contributed by atoms with van der Waals surface area (Å²) in [6.07, 6.45) is 1.12. The van der Waals surface area contributed by atoms with Crippen molar-refractivity contribution >= 4 is 19.9 Å². The average molecular weight is 360 g/mol. The predicted molar refractivity (Wildman–Crippen MR) is 86.3 cm³/mol. The van der Waals surface area contributed by atoms with Gasteiger partial charge in [0.15, 0.2) is 9.84 Å². The van der Waals surface area contributed by atoms with E-state index in [1.165, 1.54) is 4.31 Å². The van der Waals surface area contributed by atoms with Gasteiger partial charge in [0.25, 0.3) is 0 Å². The lowest BCUT2D eigenvalue weighted by Gasteiger charge is -2.42. The fraction of sp³-hybridized carbons (Fsp3) is 0.571. The molecule has 0 aliphatic carbocycles. The van der Waals surface area contributed by atoms with Crippen molar-refractivity contribution in [1.82, 2.24) is 9.21 Å². The van der Waals surface area contributed by atoms with Crippen LogP contribution in [0.15, 0.2) is 24.3 Å². The van der Waals surface area contributed by atoms with Gasteiger partial charge < -0.3 is 5.11 Å². The number of nitrogens with zero attached hydrogens (tertiary/aromatic N) is 2. The molecule has 3 rings (SSSR count). The van der Waals surface area contributed by atoms with Gasteiger partial charge in [0, 0.05) is 25.7 Å². The van der Waals surface area contributed by atoms with Crippen molar-refractivity contribution in [2.75, 3.05) is 30.9 Å². The molecule has 1 aromatic rings. The molecule has 0 spiro atoms. The van der Waals surface area contributed by atoms with Crippen molar-refractivity contribution in [1.29, 1.82) is 0 Å². The molecule has 2 atom stereocenters. The van der Waals surface area contributed by atoms with Crippen molar-refractivity contribution in [3.8, 4) is 5.75 Å². The van der Waals surface area contributed by atoms with E-state index < -0.39 is 25.9 Å². The molecule has 2 saturated heterocycles. The Morgan fingerprint density at radius 2 is 1.91 bits per heavy atom. The highest BCUT2D eigenvalue weighted by atomic mass is 32.2. The zero-order valence-corrected chi connectivity index (χ0v) is 14.4. The summed E-state index contributed by atoms with van der Waals surface area (Å²) in [6, 6.07) is 5.95. The normalized spacial score (nSPS) is 28.6. The Morgan fingerprint density at radius 3 is 2.57 bits per heavy atom. The first-order valence-corrected chi connectivity index (χ1v) is 11.0. The molecule has 0 radical (unpaired) electrons. The number of aromatic hydroxyl groups is 1. The molecule has 2 aliphatic heterocycles. The number of phenols is 1. The fourth-order valence-corrected chi connectivity index (χ4v) is 6.72. The molecule has 0 amide bonds. The largest absolute Gasteiger partial charge is 0.508 e. The molecule has 23 heavy (non-hydrogen) atoms. The Bertz CT molecular complexity index is 806. The van der Waals surface area contributed by atoms with Crippen LogP contribution in [0.3, 0.4) is 0 Å². The van der Waals surface area contributed by atoms with Gasteiger partial charge in [-0.1, -0.05) is 12.1 Å². The van der Waals surface area contributed by atoms with Gasteiger partial charge in [0.1, 0.15) is 5.75 Å². The maximum Gasteiger partial charge on any atom is 0.211 e. The van der Waals surface area contributed by atoms with Crippen LogP contribution in [-0.2, 0) is 26.4 Å². The zero-order chi connectivity index (χ0) is 16.8. The number of sulfonamides is 1. The number of rotatable bonds is 3. The number of fused-ring (bicyclic) bond motifs is 1. The van der Waals surface area contributed by atoms with Gasteiger partial charge in [0.2, 0.25) is 10.0 Å². The minimum absolute atomic E-state index is 0.0253. The summed E-state index contributed by atoms with van der Waals surface area (Å²) in [4.78, 5) is 2.01. The molecule has 9 heteroatoms. The maximum atomic E-state index is 12.0. The second-order valence-corrected chi connectivity index (χ2v) is 10.3. The highest BCUT2D eigenvalue weighted by molar-refractivity contribution is 7.92. The third-order valence-electron chi connectivity index (χ3n) is 4.46. The molecular weight excluding hydrogens is 340 g/mol.